The van der Waals surface area contributed by atoms with Crippen molar-refractivity contribution < 1.29 is 0 Å². The molecule has 120 valence electrons. The fraction of sp³-hybridized carbons (Fsp3) is 0.688. The maximum atomic E-state index is 4.40. The van der Waals surface area contributed by atoms with Crippen LogP contribution in [0.1, 0.15) is 33.1 Å². The highest BCUT2D eigenvalue weighted by Crippen LogP contribution is 2.21. The summed E-state index contributed by atoms with van der Waals surface area (Å²) < 4.78 is 1.79. The second-order valence-corrected chi connectivity index (χ2v) is 6.64. The molecule has 1 atom stereocenters. The number of fused-ring (bicyclic) bond motifs is 1. The van der Waals surface area contributed by atoms with E-state index < -0.39 is 0 Å². The van der Waals surface area contributed by atoms with Crippen molar-refractivity contribution in [2.45, 2.75) is 39.2 Å². The quantitative estimate of drug-likeness (QED) is 0.887. The minimum absolute atomic E-state index is 0.573. The highest BCUT2D eigenvalue weighted by atomic mass is 15.3. The van der Waals surface area contributed by atoms with E-state index in [1.165, 1.54) is 32.4 Å². The van der Waals surface area contributed by atoms with Gasteiger partial charge in [0.05, 0.1) is 11.6 Å². The lowest BCUT2D eigenvalue weighted by atomic mass is 10.0. The molecule has 0 saturated carbocycles. The van der Waals surface area contributed by atoms with Crippen molar-refractivity contribution in [2.75, 3.05) is 25.0 Å². The Balaban J connectivity index is 1.72. The van der Waals surface area contributed by atoms with Gasteiger partial charge in [0, 0.05) is 19.6 Å². The van der Waals surface area contributed by atoms with Crippen molar-refractivity contribution in [3.8, 4) is 0 Å². The molecule has 6 heteroatoms. The lowest BCUT2D eigenvalue weighted by Gasteiger charge is -2.29. The zero-order valence-electron chi connectivity index (χ0n) is 13.8. The molecule has 3 rings (SSSR count). The largest absolute Gasteiger partial charge is 0.368 e. The lowest BCUT2D eigenvalue weighted by molar-refractivity contribution is 0.222. The molecule has 1 N–H and O–H groups in total. The summed E-state index contributed by atoms with van der Waals surface area (Å²) >= 11 is 0. The Bertz CT molecular complexity index is 614. The topological polar surface area (TPSA) is 58.9 Å². The van der Waals surface area contributed by atoms with Gasteiger partial charge in [-0.2, -0.15) is 5.10 Å². The zero-order valence-corrected chi connectivity index (χ0v) is 13.8. The predicted molar refractivity (Wildman–Crippen MR) is 88.8 cm³/mol. The summed E-state index contributed by atoms with van der Waals surface area (Å²) in [6.45, 7) is 7.98. The lowest BCUT2D eigenvalue weighted by Crippen LogP contribution is -2.39. The van der Waals surface area contributed by atoms with Gasteiger partial charge in [-0.1, -0.05) is 13.8 Å². The summed E-state index contributed by atoms with van der Waals surface area (Å²) in [5, 5.41) is 8.81. The highest BCUT2D eigenvalue weighted by Gasteiger charge is 2.23. The first-order valence-corrected chi connectivity index (χ1v) is 8.25. The molecule has 3 heterocycles. The molecule has 1 unspecified atom stereocenters. The number of likely N-dealkylation sites (tertiary alicyclic amines) is 1. The molecule has 0 radical (unpaired) electrons. The number of aryl methyl sites for hydroxylation is 1. The minimum atomic E-state index is 0.573. The average molecular weight is 302 g/mol. The number of nitrogens with zero attached hydrogens (tertiary/aromatic N) is 5. The molecular weight excluding hydrogens is 276 g/mol. The van der Waals surface area contributed by atoms with Gasteiger partial charge in [0.1, 0.15) is 12.1 Å². The van der Waals surface area contributed by atoms with Gasteiger partial charge < -0.3 is 5.32 Å². The summed E-state index contributed by atoms with van der Waals surface area (Å²) in [7, 11) is 1.91. The second kappa shape index (κ2) is 6.60. The molecule has 22 heavy (non-hydrogen) atoms. The molecule has 0 aromatic carbocycles. The van der Waals surface area contributed by atoms with Crippen LogP contribution in [0.15, 0.2) is 12.5 Å². The Morgan fingerprint density at radius 1 is 1.23 bits per heavy atom. The first-order valence-electron chi connectivity index (χ1n) is 8.25. The fourth-order valence-electron chi connectivity index (χ4n) is 3.33. The Kier molecular flexibility index (Phi) is 4.57. The van der Waals surface area contributed by atoms with Gasteiger partial charge in [-0.25, -0.2) is 9.97 Å². The monoisotopic (exact) mass is 302 g/mol. The van der Waals surface area contributed by atoms with E-state index in [1.807, 2.05) is 13.2 Å². The van der Waals surface area contributed by atoms with Crippen LogP contribution in [0, 0.1) is 5.92 Å². The summed E-state index contributed by atoms with van der Waals surface area (Å²) in [4.78, 5) is 11.3. The molecule has 2 aromatic rings. The SMILES string of the molecule is CC(C)CC(CNc1ncnc2c1cnn2C)N1CCCC1. The molecule has 0 spiro atoms. The van der Waals surface area contributed by atoms with Crippen LogP contribution in [0.3, 0.4) is 0 Å². The van der Waals surface area contributed by atoms with Crippen molar-refractivity contribution in [3.05, 3.63) is 12.5 Å². The number of hydrogen-bond acceptors (Lipinski definition) is 5. The Hall–Kier alpha value is -1.69. The highest BCUT2D eigenvalue weighted by molar-refractivity contribution is 5.85. The predicted octanol–water partition coefficient (Wildman–Crippen LogP) is 2.29. The maximum absolute atomic E-state index is 4.40. The zero-order chi connectivity index (χ0) is 15.5. The number of rotatable bonds is 6. The number of anilines is 1. The molecule has 0 aliphatic carbocycles. The Morgan fingerprint density at radius 3 is 2.73 bits per heavy atom. The van der Waals surface area contributed by atoms with E-state index in [4.69, 9.17) is 0 Å². The van der Waals surface area contributed by atoms with E-state index in [0.29, 0.717) is 12.0 Å². The number of aromatic nitrogens is 4. The van der Waals surface area contributed by atoms with E-state index in [9.17, 15) is 0 Å². The van der Waals surface area contributed by atoms with Gasteiger partial charge in [0.25, 0.3) is 0 Å². The van der Waals surface area contributed by atoms with E-state index in [-0.39, 0.29) is 0 Å². The van der Waals surface area contributed by atoms with Crippen LogP contribution < -0.4 is 5.32 Å². The smallest absolute Gasteiger partial charge is 0.163 e. The number of hydrogen-bond donors (Lipinski definition) is 1. The van der Waals surface area contributed by atoms with Crippen LogP contribution in [0.4, 0.5) is 5.82 Å². The first kappa shape index (κ1) is 15.2. The molecule has 1 aliphatic rings. The van der Waals surface area contributed by atoms with E-state index in [2.05, 4.69) is 39.1 Å². The number of nitrogens with one attached hydrogen (secondary N) is 1. The van der Waals surface area contributed by atoms with Crippen molar-refractivity contribution in [1.82, 2.24) is 24.6 Å². The standard InChI is InChI=1S/C16H26N6/c1-12(2)8-13(22-6-4-5-7-22)9-17-15-14-10-20-21(3)16(14)19-11-18-15/h10-13H,4-9H2,1-3H3,(H,17,18,19). The summed E-state index contributed by atoms with van der Waals surface area (Å²) in [5.41, 5.74) is 0.874. The van der Waals surface area contributed by atoms with E-state index in [1.54, 1.807) is 11.0 Å². The maximum Gasteiger partial charge on any atom is 0.163 e. The van der Waals surface area contributed by atoms with Crippen LogP contribution in [0.25, 0.3) is 11.0 Å². The van der Waals surface area contributed by atoms with Gasteiger partial charge in [-0.3, -0.25) is 9.58 Å². The van der Waals surface area contributed by atoms with Gasteiger partial charge >= 0.3 is 0 Å². The molecule has 0 bridgehead atoms. The van der Waals surface area contributed by atoms with Crippen LogP contribution in [0.5, 0.6) is 0 Å². The van der Waals surface area contributed by atoms with Gasteiger partial charge in [0.2, 0.25) is 0 Å². The third-order valence-electron chi connectivity index (χ3n) is 4.44. The van der Waals surface area contributed by atoms with Crippen molar-refractivity contribution in [3.63, 3.8) is 0 Å². The van der Waals surface area contributed by atoms with Crippen LogP contribution in [-0.4, -0.2) is 50.3 Å². The minimum Gasteiger partial charge on any atom is -0.368 e. The molecule has 0 amide bonds. The van der Waals surface area contributed by atoms with Crippen LogP contribution in [0.2, 0.25) is 0 Å². The third-order valence-corrected chi connectivity index (χ3v) is 4.44. The van der Waals surface area contributed by atoms with Crippen molar-refractivity contribution in [2.24, 2.45) is 13.0 Å². The summed E-state index contributed by atoms with van der Waals surface area (Å²) in [6, 6.07) is 0.573. The van der Waals surface area contributed by atoms with Crippen molar-refractivity contribution in [1.29, 1.82) is 0 Å². The molecular formula is C16H26N6. The van der Waals surface area contributed by atoms with Gasteiger partial charge in [-0.05, 0) is 38.3 Å². The van der Waals surface area contributed by atoms with Crippen LogP contribution in [-0.2, 0) is 7.05 Å². The van der Waals surface area contributed by atoms with Crippen LogP contribution >= 0.6 is 0 Å². The molecule has 1 aliphatic heterocycles. The average Bonchev–Trinajstić information content (AvgIpc) is 3.14. The first-order chi connectivity index (χ1) is 10.6. The Labute approximate surface area is 131 Å². The second-order valence-electron chi connectivity index (χ2n) is 6.64. The molecule has 1 fully saturated rings. The molecule has 6 nitrogen and oxygen atoms in total. The Morgan fingerprint density at radius 2 is 2.00 bits per heavy atom. The van der Waals surface area contributed by atoms with E-state index in [0.717, 1.165) is 23.4 Å². The normalized spacial score (nSPS) is 17.5. The van der Waals surface area contributed by atoms with Crippen molar-refractivity contribution >= 4 is 16.9 Å². The van der Waals surface area contributed by atoms with E-state index >= 15 is 0 Å². The molecule has 1 saturated heterocycles. The fourth-order valence-corrected chi connectivity index (χ4v) is 3.33. The summed E-state index contributed by atoms with van der Waals surface area (Å²) in [6.07, 6.45) is 7.32. The summed E-state index contributed by atoms with van der Waals surface area (Å²) in [5.74, 6) is 1.60. The third kappa shape index (κ3) is 3.21. The molecule has 2 aromatic heterocycles. The van der Waals surface area contributed by atoms with Gasteiger partial charge in [0.15, 0.2) is 5.65 Å². The van der Waals surface area contributed by atoms with Gasteiger partial charge in [-0.15, -0.1) is 0 Å².